The molecule has 0 spiro atoms. The Morgan fingerprint density at radius 2 is 1.72 bits per heavy atom. The Morgan fingerprint density at radius 1 is 1.17 bits per heavy atom. The summed E-state index contributed by atoms with van der Waals surface area (Å²) >= 11 is 1.20. The number of carboxylic acid groups (broad SMARTS) is 1. The van der Waals surface area contributed by atoms with Crippen LogP contribution in [0, 0.1) is 0 Å². The van der Waals surface area contributed by atoms with Crippen molar-refractivity contribution < 1.29 is 19.5 Å². The predicted octanol–water partition coefficient (Wildman–Crippen LogP) is 0.222. The summed E-state index contributed by atoms with van der Waals surface area (Å²) in [5.74, 6) is -1.49. The molecule has 0 bridgehead atoms. The molecule has 7 heteroatoms. The molecule has 0 rings (SSSR count). The molecule has 0 aromatic heterocycles. The number of carboxylic acids is 1. The van der Waals surface area contributed by atoms with Gasteiger partial charge >= 0.3 is 5.97 Å². The van der Waals surface area contributed by atoms with Crippen molar-refractivity contribution in [2.24, 2.45) is 0 Å². The number of nitrogens with one attached hydrogen (secondary N) is 2. The summed E-state index contributed by atoms with van der Waals surface area (Å²) in [6, 6.07) is -0.923. The molecule has 2 amide bonds. The number of carbonyl (C=O) groups is 3. The average molecular weight is 276 g/mol. The zero-order chi connectivity index (χ0) is 14.3. The first-order valence-corrected chi connectivity index (χ1v) is 6.70. The van der Waals surface area contributed by atoms with Crippen molar-refractivity contribution in [1.82, 2.24) is 10.6 Å². The van der Waals surface area contributed by atoms with E-state index in [-0.39, 0.29) is 23.0 Å². The molecule has 0 saturated carbocycles. The number of amides is 2. The number of carbonyl (C=O) groups excluding carboxylic acids is 2. The summed E-state index contributed by atoms with van der Waals surface area (Å²) in [4.78, 5) is 33.3. The second-order valence-corrected chi connectivity index (χ2v) is 5.60. The van der Waals surface area contributed by atoms with Gasteiger partial charge in [0.2, 0.25) is 11.8 Å². The smallest absolute Gasteiger partial charge is 0.327 e. The minimum atomic E-state index is -1.10. The van der Waals surface area contributed by atoms with E-state index in [1.807, 2.05) is 13.8 Å². The van der Waals surface area contributed by atoms with Crippen LogP contribution >= 0.6 is 11.8 Å². The molecule has 0 radical (unpaired) electrons. The van der Waals surface area contributed by atoms with E-state index in [2.05, 4.69) is 10.6 Å². The summed E-state index contributed by atoms with van der Waals surface area (Å²) < 4.78 is 0. The van der Waals surface area contributed by atoms with Gasteiger partial charge in [-0.2, -0.15) is 0 Å². The topological polar surface area (TPSA) is 95.5 Å². The monoisotopic (exact) mass is 276 g/mol. The third-order valence-corrected chi connectivity index (χ3v) is 3.23. The highest BCUT2D eigenvalue weighted by molar-refractivity contribution is 8.00. The van der Waals surface area contributed by atoms with E-state index in [4.69, 9.17) is 5.11 Å². The van der Waals surface area contributed by atoms with Gasteiger partial charge in [0.1, 0.15) is 6.04 Å². The second kappa shape index (κ2) is 7.97. The summed E-state index contributed by atoms with van der Waals surface area (Å²) in [7, 11) is 0. The SMILES string of the molecule is CC(=O)N[C@@H](CSC(C)C(=O)NC(C)C)C(=O)O. The molecular formula is C11H20N2O4S. The van der Waals surface area contributed by atoms with E-state index in [1.54, 1.807) is 6.92 Å². The number of thioether (sulfide) groups is 1. The van der Waals surface area contributed by atoms with Crippen LogP contribution in [0.4, 0.5) is 0 Å². The number of rotatable bonds is 7. The quantitative estimate of drug-likeness (QED) is 0.618. The molecule has 0 aliphatic heterocycles. The van der Waals surface area contributed by atoms with Gasteiger partial charge in [0.05, 0.1) is 5.25 Å². The standard InChI is InChI=1S/C11H20N2O4S/c1-6(2)12-10(15)7(3)18-5-9(11(16)17)13-8(4)14/h6-7,9H,5H2,1-4H3,(H,12,15)(H,13,14)(H,16,17)/t7?,9-/m0/s1. The van der Waals surface area contributed by atoms with Crippen molar-refractivity contribution in [2.45, 2.75) is 45.0 Å². The molecule has 0 aromatic carbocycles. The van der Waals surface area contributed by atoms with Crippen LogP contribution < -0.4 is 10.6 Å². The molecule has 0 heterocycles. The molecule has 104 valence electrons. The minimum absolute atomic E-state index is 0.0474. The van der Waals surface area contributed by atoms with E-state index in [0.717, 1.165) is 0 Å². The zero-order valence-corrected chi connectivity index (χ0v) is 11.8. The molecule has 18 heavy (non-hydrogen) atoms. The molecule has 3 N–H and O–H groups in total. The fraction of sp³-hybridized carbons (Fsp3) is 0.727. The normalized spacial score (nSPS) is 13.8. The van der Waals surface area contributed by atoms with Gasteiger partial charge in [-0.25, -0.2) is 4.79 Å². The lowest BCUT2D eigenvalue weighted by Gasteiger charge is -2.17. The van der Waals surface area contributed by atoms with Crippen molar-refractivity contribution in [3.63, 3.8) is 0 Å². The van der Waals surface area contributed by atoms with E-state index in [9.17, 15) is 14.4 Å². The summed E-state index contributed by atoms with van der Waals surface area (Å²) in [5.41, 5.74) is 0. The first-order valence-electron chi connectivity index (χ1n) is 5.66. The third-order valence-electron chi connectivity index (χ3n) is 1.99. The second-order valence-electron chi connectivity index (χ2n) is 4.23. The number of hydrogen-bond acceptors (Lipinski definition) is 4. The highest BCUT2D eigenvalue weighted by Crippen LogP contribution is 2.12. The fourth-order valence-corrected chi connectivity index (χ4v) is 2.06. The van der Waals surface area contributed by atoms with E-state index >= 15 is 0 Å². The lowest BCUT2D eigenvalue weighted by atomic mass is 10.3. The molecule has 0 aliphatic rings. The van der Waals surface area contributed by atoms with Crippen LogP contribution in [0.25, 0.3) is 0 Å². The Labute approximate surface area is 111 Å². The van der Waals surface area contributed by atoms with Crippen molar-refractivity contribution in [3.05, 3.63) is 0 Å². The maximum absolute atomic E-state index is 11.6. The molecule has 0 saturated heterocycles. The largest absolute Gasteiger partial charge is 0.480 e. The van der Waals surface area contributed by atoms with Crippen LogP contribution in [0.1, 0.15) is 27.7 Å². The van der Waals surface area contributed by atoms with Gasteiger partial charge in [-0.3, -0.25) is 9.59 Å². The van der Waals surface area contributed by atoms with Crippen LogP contribution in [0.2, 0.25) is 0 Å². The van der Waals surface area contributed by atoms with Gasteiger partial charge < -0.3 is 15.7 Å². The van der Waals surface area contributed by atoms with Crippen LogP contribution in [0.15, 0.2) is 0 Å². The summed E-state index contributed by atoms with van der Waals surface area (Å²) in [6.45, 7) is 6.67. The first-order chi connectivity index (χ1) is 8.23. The number of aliphatic carboxylic acids is 1. The molecule has 0 fully saturated rings. The minimum Gasteiger partial charge on any atom is -0.480 e. The van der Waals surface area contributed by atoms with Gasteiger partial charge in [0, 0.05) is 18.7 Å². The van der Waals surface area contributed by atoms with Crippen molar-refractivity contribution in [3.8, 4) is 0 Å². The van der Waals surface area contributed by atoms with Gasteiger partial charge in [0.15, 0.2) is 0 Å². The maximum Gasteiger partial charge on any atom is 0.327 e. The Kier molecular flexibility index (Phi) is 7.42. The fourth-order valence-electron chi connectivity index (χ4n) is 1.14. The average Bonchev–Trinajstić information content (AvgIpc) is 2.21. The molecular weight excluding hydrogens is 256 g/mol. The van der Waals surface area contributed by atoms with Gasteiger partial charge in [-0.1, -0.05) is 0 Å². The Hall–Kier alpha value is -1.24. The molecule has 6 nitrogen and oxygen atoms in total. The number of hydrogen-bond donors (Lipinski definition) is 3. The van der Waals surface area contributed by atoms with Crippen molar-refractivity contribution in [2.75, 3.05) is 5.75 Å². The lowest BCUT2D eigenvalue weighted by Crippen LogP contribution is -2.43. The van der Waals surface area contributed by atoms with Crippen LogP contribution in [0.3, 0.4) is 0 Å². The van der Waals surface area contributed by atoms with Gasteiger partial charge in [-0.15, -0.1) is 11.8 Å². The highest BCUT2D eigenvalue weighted by Gasteiger charge is 2.22. The molecule has 2 atom stereocenters. The Bertz CT molecular complexity index is 320. The summed E-state index contributed by atoms with van der Waals surface area (Å²) in [5, 5.41) is 13.6. The molecule has 0 aromatic rings. The third kappa shape index (κ3) is 7.16. The van der Waals surface area contributed by atoms with Crippen molar-refractivity contribution >= 4 is 29.5 Å². The predicted molar refractivity (Wildman–Crippen MR) is 70.4 cm³/mol. The Morgan fingerprint density at radius 3 is 2.11 bits per heavy atom. The first kappa shape index (κ1) is 16.8. The van der Waals surface area contributed by atoms with Crippen LogP contribution in [-0.4, -0.2) is 46.0 Å². The maximum atomic E-state index is 11.6. The van der Waals surface area contributed by atoms with Gasteiger partial charge in [0.25, 0.3) is 0 Å². The van der Waals surface area contributed by atoms with Crippen molar-refractivity contribution in [1.29, 1.82) is 0 Å². The molecule has 0 aliphatic carbocycles. The molecule has 1 unspecified atom stereocenters. The summed E-state index contributed by atoms with van der Waals surface area (Å²) in [6.07, 6.45) is 0. The van der Waals surface area contributed by atoms with Crippen LogP contribution in [0.5, 0.6) is 0 Å². The highest BCUT2D eigenvalue weighted by atomic mass is 32.2. The Balaban J connectivity index is 4.22. The van der Waals surface area contributed by atoms with Gasteiger partial charge in [-0.05, 0) is 20.8 Å². The van der Waals surface area contributed by atoms with E-state index in [1.165, 1.54) is 18.7 Å². The van der Waals surface area contributed by atoms with Crippen LogP contribution in [-0.2, 0) is 14.4 Å². The lowest BCUT2D eigenvalue weighted by molar-refractivity contribution is -0.140. The van der Waals surface area contributed by atoms with E-state index in [0.29, 0.717) is 0 Å². The van der Waals surface area contributed by atoms with E-state index < -0.39 is 17.9 Å². The zero-order valence-electron chi connectivity index (χ0n) is 11.0.